The predicted octanol–water partition coefficient (Wildman–Crippen LogP) is 3.98. The van der Waals surface area contributed by atoms with Gasteiger partial charge in [-0.05, 0) is 37.3 Å². The van der Waals surface area contributed by atoms with E-state index in [1.54, 1.807) is 0 Å². The number of nitrogens with zero attached hydrogens (tertiary/aromatic N) is 1. The van der Waals surface area contributed by atoms with Gasteiger partial charge in [0, 0.05) is 6.07 Å². The maximum absolute atomic E-state index is 12.0. The molecule has 0 aromatic heterocycles. The first-order valence-corrected chi connectivity index (χ1v) is 7.00. The Hall–Kier alpha value is -1.62. The number of nitro groups is 1. The highest BCUT2D eigenvalue weighted by Gasteiger charge is 2.24. The van der Waals surface area contributed by atoms with Crippen molar-refractivity contribution in [2.45, 2.75) is 38.7 Å². The van der Waals surface area contributed by atoms with Crippen molar-refractivity contribution in [1.82, 2.24) is 0 Å². The topological polar surface area (TPSA) is 69.4 Å². The smallest absolute Gasteiger partial charge is 0.338 e. The van der Waals surface area contributed by atoms with Crippen molar-refractivity contribution in [3.05, 3.63) is 38.9 Å². The van der Waals surface area contributed by atoms with Crippen LogP contribution in [0.15, 0.2) is 18.2 Å². The summed E-state index contributed by atoms with van der Waals surface area (Å²) in [6.07, 6.45) is 3.80. The first-order chi connectivity index (χ1) is 9.47. The molecule has 1 aliphatic carbocycles. The molecule has 1 saturated carbocycles. The normalized spacial score (nSPS) is 22.3. The number of halogens is 1. The lowest BCUT2D eigenvalue weighted by Crippen LogP contribution is -2.24. The van der Waals surface area contributed by atoms with Gasteiger partial charge < -0.3 is 4.74 Å². The van der Waals surface area contributed by atoms with E-state index in [0.717, 1.165) is 31.7 Å². The Bertz CT molecular complexity index is 532. The van der Waals surface area contributed by atoms with Crippen LogP contribution in [-0.2, 0) is 4.74 Å². The molecule has 1 aromatic carbocycles. The molecule has 0 radical (unpaired) electrons. The minimum absolute atomic E-state index is 0.0119. The Balaban J connectivity index is 2.09. The number of hydrogen-bond donors (Lipinski definition) is 0. The molecule has 1 fully saturated rings. The zero-order chi connectivity index (χ0) is 14.7. The van der Waals surface area contributed by atoms with Crippen LogP contribution in [0.4, 0.5) is 5.69 Å². The van der Waals surface area contributed by atoms with Crippen LogP contribution >= 0.6 is 11.6 Å². The van der Waals surface area contributed by atoms with Crippen molar-refractivity contribution < 1.29 is 14.5 Å². The summed E-state index contributed by atoms with van der Waals surface area (Å²) in [6.45, 7) is 2.13. The van der Waals surface area contributed by atoms with Crippen LogP contribution < -0.4 is 0 Å². The highest BCUT2D eigenvalue weighted by Crippen LogP contribution is 2.28. The number of nitro benzene ring substituents is 1. The summed E-state index contributed by atoms with van der Waals surface area (Å²) in [5.41, 5.74) is -0.113. The van der Waals surface area contributed by atoms with Gasteiger partial charge in [-0.2, -0.15) is 0 Å². The number of carbonyl (C=O) groups is 1. The van der Waals surface area contributed by atoms with E-state index in [9.17, 15) is 14.9 Å². The van der Waals surface area contributed by atoms with Crippen LogP contribution in [0.5, 0.6) is 0 Å². The molecule has 2 atom stereocenters. The van der Waals surface area contributed by atoms with E-state index in [-0.39, 0.29) is 22.4 Å². The van der Waals surface area contributed by atoms with E-state index in [4.69, 9.17) is 16.3 Å². The summed E-state index contributed by atoms with van der Waals surface area (Å²) >= 11 is 5.71. The standard InChI is InChI=1S/C14H16ClNO4/c1-9-3-2-4-11(7-9)20-14(17)10-5-6-12(15)13(8-10)16(18)19/h5-6,8-9,11H,2-4,7H2,1H3. The van der Waals surface area contributed by atoms with E-state index in [0.29, 0.717) is 5.92 Å². The van der Waals surface area contributed by atoms with E-state index < -0.39 is 10.9 Å². The molecule has 0 heterocycles. The number of carbonyl (C=O) groups excluding carboxylic acids is 1. The summed E-state index contributed by atoms with van der Waals surface area (Å²) in [5, 5.41) is 10.8. The maximum atomic E-state index is 12.0. The number of hydrogen-bond acceptors (Lipinski definition) is 4. The largest absolute Gasteiger partial charge is 0.459 e. The molecule has 20 heavy (non-hydrogen) atoms. The van der Waals surface area contributed by atoms with Crippen molar-refractivity contribution >= 4 is 23.3 Å². The van der Waals surface area contributed by atoms with Gasteiger partial charge in [-0.15, -0.1) is 0 Å². The quantitative estimate of drug-likeness (QED) is 0.480. The molecule has 0 spiro atoms. The third-order valence-corrected chi connectivity index (χ3v) is 3.86. The molecule has 0 aliphatic heterocycles. The van der Waals surface area contributed by atoms with E-state index in [1.165, 1.54) is 12.1 Å². The summed E-state index contributed by atoms with van der Waals surface area (Å²) in [4.78, 5) is 22.2. The number of esters is 1. The molecular formula is C14H16ClNO4. The van der Waals surface area contributed by atoms with Crippen molar-refractivity contribution in [2.24, 2.45) is 5.92 Å². The van der Waals surface area contributed by atoms with E-state index in [2.05, 4.69) is 6.92 Å². The summed E-state index contributed by atoms with van der Waals surface area (Å²) < 4.78 is 5.42. The van der Waals surface area contributed by atoms with Gasteiger partial charge in [-0.25, -0.2) is 4.79 Å². The Labute approximate surface area is 122 Å². The summed E-state index contributed by atoms with van der Waals surface area (Å²) in [6, 6.07) is 3.96. The molecule has 0 saturated heterocycles. The number of rotatable bonds is 3. The average molecular weight is 298 g/mol. The first kappa shape index (κ1) is 14.8. The van der Waals surface area contributed by atoms with Gasteiger partial charge in [0.1, 0.15) is 11.1 Å². The van der Waals surface area contributed by atoms with Crippen LogP contribution in [0.2, 0.25) is 5.02 Å². The van der Waals surface area contributed by atoms with Gasteiger partial charge in [-0.3, -0.25) is 10.1 Å². The molecule has 6 heteroatoms. The third kappa shape index (κ3) is 3.48. The second-order valence-electron chi connectivity index (χ2n) is 5.22. The minimum Gasteiger partial charge on any atom is -0.459 e. The first-order valence-electron chi connectivity index (χ1n) is 6.62. The molecule has 1 aliphatic rings. The fraction of sp³-hybridized carbons (Fsp3) is 0.500. The van der Waals surface area contributed by atoms with Crippen molar-refractivity contribution in [2.75, 3.05) is 0 Å². The Morgan fingerprint density at radius 3 is 2.85 bits per heavy atom. The second-order valence-corrected chi connectivity index (χ2v) is 5.63. The van der Waals surface area contributed by atoms with E-state index in [1.807, 2.05) is 0 Å². The maximum Gasteiger partial charge on any atom is 0.338 e. The fourth-order valence-corrected chi connectivity index (χ4v) is 2.67. The molecule has 108 valence electrons. The molecule has 1 aromatic rings. The molecular weight excluding hydrogens is 282 g/mol. The SMILES string of the molecule is CC1CCCC(OC(=O)c2ccc(Cl)c([N+](=O)[O-])c2)C1. The van der Waals surface area contributed by atoms with Gasteiger partial charge in [0.05, 0.1) is 10.5 Å². The number of ether oxygens (including phenoxy) is 1. The average Bonchev–Trinajstić information content (AvgIpc) is 2.38. The van der Waals surface area contributed by atoms with Crippen molar-refractivity contribution in [3.63, 3.8) is 0 Å². The molecule has 0 amide bonds. The highest BCUT2D eigenvalue weighted by atomic mass is 35.5. The molecule has 0 N–H and O–H groups in total. The Kier molecular flexibility index (Phi) is 4.60. The molecule has 5 nitrogen and oxygen atoms in total. The lowest BCUT2D eigenvalue weighted by molar-refractivity contribution is -0.384. The molecule has 2 unspecified atom stereocenters. The Morgan fingerprint density at radius 1 is 1.45 bits per heavy atom. The van der Waals surface area contributed by atoms with Crippen molar-refractivity contribution in [3.8, 4) is 0 Å². The predicted molar refractivity (Wildman–Crippen MR) is 74.9 cm³/mol. The molecule has 0 bridgehead atoms. The minimum atomic E-state index is -0.609. The van der Waals surface area contributed by atoms with E-state index >= 15 is 0 Å². The van der Waals surface area contributed by atoms with Gasteiger partial charge in [0.2, 0.25) is 0 Å². The molecule has 2 rings (SSSR count). The lowest BCUT2D eigenvalue weighted by Gasteiger charge is -2.26. The summed E-state index contributed by atoms with van der Waals surface area (Å²) in [5.74, 6) is 0.0185. The monoisotopic (exact) mass is 297 g/mol. The highest BCUT2D eigenvalue weighted by molar-refractivity contribution is 6.32. The zero-order valence-corrected chi connectivity index (χ0v) is 11.9. The van der Waals surface area contributed by atoms with Crippen LogP contribution in [0.1, 0.15) is 43.0 Å². The Morgan fingerprint density at radius 2 is 2.20 bits per heavy atom. The lowest BCUT2D eigenvalue weighted by atomic mass is 9.89. The van der Waals surface area contributed by atoms with Gasteiger partial charge >= 0.3 is 5.97 Å². The van der Waals surface area contributed by atoms with Crippen LogP contribution in [-0.4, -0.2) is 17.0 Å². The number of benzene rings is 1. The fourth-order valence-electron chi connectivity index (χ4n) is 2.48. The second kappa shape index (κ2) is 6.22. The van der Waals surface area contributed by atoms with Gasteiger partial charge in [-0.1, -0.05) is 24.9 Å². The van der Waals surface area contributed by atoms with Crippen molar-refractivity contribution in [1.29, 1.82) is 0 Å². The van der Waals surface area contributed by atoms with Gasteiger partial charge in [0.15, 0.2) is 0 Å². The zero-order valence-electron chi connectivity index (χ0n) is 11.2. The summed E-state index contributed by atoms with van der Waals surface area (Å²) in [7, 11) is 0. The van der Waals surface area contributed by atoms with Crippen LogP contribution in [0.25, 0.3) is 0 Å². The third-order valence-electron chi connectivity index (χ3n) is 3.54. The van der Waals surface area contributed by atoms with Gasteiger partial charge in [0.25, 0.3) is 5.69 Å². The van der Waals surface area contributed by atoms with Crippen LogP contribution in [0, 0.1) is 16.0 Å². The van der Waals surface area contributed by atoms with Crippen LogP contribution in [0.3, 0.4) is 0 Å².